The third-order valence-electron chi connectivity index (χ3n) is 2.81. The van der Waals surface area contributed by atoms with Gasteiger partial charge in [0.25, 0.3) is 0 Å². The maximum absolute atomic E-state index is 11.9. The molecule has 2 aromatic rings. The number of anilines is 1. The van der Waals surface area contributed by atoms with Crippen molar-refractivity contribution in [3.63, 3.8) is 0 Å². The summed E-state index contributed by atoms with van der Waals surface area (Å²) in [5.41, 5.74) is 0.842. The summed E-state index contributed by atoms with van der Waals surface area (Å²) >= 11 is 0. The number of hydrogen-bond donors (Lipinski definition) is 2. The van der Waals surface area contributed by atoms with Crippen LogP contribution in [0, 0.1) is 0 Å². The Kier molecular flexibility index (Phi) is 3.89. The highest BCUT2D eigenvalue weighted by atomic mass is 32.2. The van der Waals surface area contributed by atoms with Crippen LogP contribution in [0.2, 0.25) is 0 Å². The van der Waals surface area contributed by atoms with Gasteiger partial charge in [0.15, 0.2) is 11.1 Å². The SMILES string of the molecule is CC(C(=O)O)S(=O)(=O)Nc1cccc(-c2nnnn2C)c1. The van der Waals surface area contributed by atoms with E-state index in [2.05, 4.69) is 20.2 Å². The number of carboxylic acids is 1. The number of rotatable bonds is 5. The molecule has 1 unspecified atom stereocenters. The van der Waals surface area contributed by atoms with Crippen molar-refractivity contribution in [3.05, 3.63) is 24.3 Å². The van der Waals surface area contributed by atoms with Gasteiger partial charge in [-0.2, -0.15) is 0 Å². The van der Waals surface area contributed by atoms with E-state index in [0.29, 0.717) is 11.4 Å². The van der Waals surface area contributed by atoms with Crippen LogP contribution in [0.25, 0.3) is 11.4 Å². The average Bonchev–Trinajstić information content (AvgIpc) is 2.83. The second-order valence-corrected chi connectivity index (χ2v) is 6.34. The second kappa shape index (κ2) is 5.48. The first-order chi connectivity index (χ1) is 9.81. The molecule has 21 heavy (non-hydrogen) atoms. The molecule has 9 nitrogen and oxygen atoms in total. The number of hydrogen-bond acceptors (Lipinski definition) is 6. The first-order valence-electron chi connectivity index (χ1n) is 5.88. The molecule has 10 heteroatoms. The Balaban J connectivity index is 2.31. The predicted molar refractivity (Wildman–Crippen MR) is 73.9 cm³/mol. The fourth-order valence-corrected chi connectivity index (χ4v) is 2.48. The van der Waals surface area contributed by atoms with Crippen LogP contribution < -0.4 is 4.72 Å². The zero-order chi connectivity index (χ0) is 15.6. The van der Waals surface area contributed by atoms with Crippen molar-refractivity contribution in [2.24, 2.45) is 7.05 Å². The van der Waals surface area contributed by atoms with Gasteiger partial charge in [-0.3, -0.25) is 9.52 Å². The number of aryl methyl sites for hydroxylation is 1. The standard InChI is InChI=1S/C11H13N5O4S/c1-7(11(17)18)21(19,20)13-9-5-3-4-8(6-9)10-12-14-15-16(10)2/h3-7,13H,1-2H3,(H,17,18). The molecule has 0 spiro atoms. The Morgan fingerprint density at radius 3 is 2.71 bits per heavy atom. The Bertz CT molecular complexity index is 770. The minimum Gasteiger partial charge on any atom is -0.480 e. The number of aromatic nitrogens is 4. The third-order valence-corrected chi connectivity index (χ3v) is 4.47. The molecule has 0 aliphatic rings. The zero-order valence-corrected chi connectivity index (χ0v) is 12.1. The quantitative estimate of drug-likeness (QED) is 0.801. The van der Waals surface area contributed by atoms with E-state index in [1.807, 2.05) is 0 Å². The van der Waals surface area contributed by atoms with Crippen LogP contribution in [-0.2, 0) is 21.9 Å². The van der Waals surface area contributed by atoms with Gasteiger partial charge in [0.2, 0.25) is 10.0 Å². The van der Waals surface area contributed by atoms with Gasteiger partial charge in [-0.25, -0.2) is 13.1 Å². The van der Waals surface area contributed by atoms with Crippen LogP contribution in [0.4, 0.5) is 5.69 Å². The van der Waals surface area contributed by atoms with Gasteiger partial charge in [0.1, 0.15) is 0 Å². The lowest BCUT2D eigenvalue weighted by Crippen LogP contribution is -2.32. The summed E-state index contributed by atoms with van der Waals surface area (Å²) in [5, 5.41) is 18.2. The highest BCUT2D eigenvalue weighted by molar-refractivity contribution is 7.94. The molecule has 0 aliphatic carbocycles. The molecular formula is C11H13N5O4S. The molecule has 1 heterocycles. The van der Waals surface area contributed by atoms with E-state index in [4.69, 9.17) is 5.11 Å². The van der Waals surface area contributed by atoms with E-state index >= 15 is 0 Å². The maximum atomic E-state index is 11.9. The minimum atomic E-state index is -4.02. The fraction of sp³-hybridized carbons (Fsp3) is 0.273. The number of sulfonamides is 1. The van der Waals surface area contributed by atoms with Crippen LogP contribution >= 0.6 is 0 Å². The summed E-state index contributed by atoms with van der Waals surface area (Å²) in [4.78, 5) is 10.8. The number of tetrazole rings is 1. The van der Waals surface area contributed by atoms with Gasteiger partial charge in [0, 0.05) is 18.3 Å². The average molecular weight is 311 g/mol. The Morgan fingerprint density at radius 2 is 2.14 bits per heavy atom. The van der Waals surface area contributed by atoms with Crippen LogP contribution in [0.3, 0.4) is 0 Å². The topological polar surface area (TPSA) is 127 Å². The lowest BCUT2D eigenvalue weighted by Gasteiger charge is -2.11. The number of nitrogens with zero attached hydrogens (tertiary/aromatic N) is 4. The number of nitrogens with one attached hydrogen (secondary N) is 1. The summed E-state index contributed by atoms with van der Waals surface area (Å²) in [5.74, 6) is -0.960. The van der Waals surface area contributed by atoms with E-state index in [0.717, 1.165) is 6.92 Å². The van der Waals surface area contributed by atoms with Gasteiger partial charge in [-0.1, -0.05) is 12.1 Å². The van der Waals surface area contributed by atoms with Crippen LogP contribution in [0.1, 0.15) is 6.92 Å². The number of carbonyl (C=O) groups is 1. The molecule has 1 aromatic heterocycles. The van der Waals surface area contributed by atoms with Gasteiger partial charge in [-0.15, -0.1) is 5.10 Å². The Labute approximate surface area is 120 Å². The molecule has 0 amide bonds. The van der Waals surface area contributed by atoms with Crippen LogP contribution in [0.15, 0.2) is 24.3 Å². The molecule has 0 saturated carbocycles. The molecule has 0 fully saturated rings. The maximum Gasteiger partial charge on any atom is 0.323 e. The zero-order valence-electron chi connectivity index (χ0n) is 11.3. The Morgan fingerprint density at radius 1 is 1.43 bits per heavy atom. The van der Waals surface area contributed by atoms with Crippen molar-refractivity contribution in [1.82, 2.24) is 20.2 Å². The van der Waals surface area contributed by atoms with Crippen molar-refractivity contribution in [2.45, 2.75) is 12.2 Å². The number of aliphatic carboxylic acids is 1. The van der Waals surface area contributed by atoms with E-state index in [9.17, 15) is 13.2 Å². The van der Waals surface area contributed by atoms with Crippen molar-refractivity contribution >= 4 is 21.7 Å². The number of carboxylic acid groups (broad SMARTS) is 1. The monoisotopic (exact) mass is 311 g/mol. The van der Waals surface area contributed by atoms with Crippen molar-refractivity contribution in [2.75, 3.05) is 4.72 Å². The molecule has 1 aromatic carbocycles. The molecule has 0 bridgehead atoms. The Hall–Kier alpha value is -2.49. The van der Waals surface area contributed by atoms with E-state index < -0.39 is 21.2 Å². The molecule has 2 N–H and O–H groups in total. The van der Waals surface area contributed by atoms with Gasteiger partial charge in [-0.05, 0) is 29.5 Å². The largest absolute Gasteiger partial charge is 0.480 e. The molecule has 0 aliphatic heterocycles. The molecular weight excluding hydrogens is 298 g/mol. The van der Waals surface area contributed by atoms with Crippen molar-refractivity contribution in [3.8, 4) is 11.4 Å². The third kappa shape index (κ3) is 3.16. The van der Waals surface area contributed by atoms with Crippen molar-refractivity contribution in [1.29, 1.82) is 0 Å². The van der Waals surface area contributed by atoms with Gasteiger partial charge >= 0.3 is 5.97 Å². The molecule has 0 saturated heterocycles. The van der Waals surface area contributed by atoms with Gasteiger partial charge in [0.05, 0.1) is 0 Å². The van der Waals surface area contributed by atoms with E-state index in [1.165, 1.54) is 16.8 Å². The van der Waals surface area contributed by atoms with E-state index in [1.54, 1.807) is 19.2 Å². The summed E-state index contributed by atoms with van der Waals surface area (Å²) in [6.07, 6.45) is 0. The van der Waals surface area contributed by atoms with Gasteiger partial charge < -0.3 is 5.11 Å². The van der Waals surface area contributed by atoms with Crippen LogP contribution in [0.5, 0.6) is 0 Å². The molecule has 0 radical (unpaired) electrons. The lowest BCUT2D eigenvalue weighted by atomic mass is 10.2. The second-order valence-electron chi connectivity index (χ2n) is 4.33. The smallest absolute Gasteiger partial charge is 0.323 e. The molecule has 2 rings (SSSR count). The minimum absolute atomic E-state index is 0.239. The van der Waals surface area contributed by atoms with Crippen LogP contribution in [-0.4, -0.2) is 45.0 Å². The lowest BCUT2D eigenvalue weighted by molar-refractivity contribution is -0.136. The van der Waals surface area contributed by atoms with Crippen molar-refractivity contribution < 1.29 is 18.3 Å². The first-order valence-corrected chi connectivity index (χ1v) is 7.43. The van der Waals surface area contributed by atoms with E-state index in [-0.39, 0.29) is 5.69 Å². The normalized spacial score (nSPS) is 12.9. The summed E-state index contributed by atoms with van der Waals surface area (Å²) < 4.78 is 27.4. The summed E-state index contributed by atoms with van der Waals surface area (Å²) in [6.45, 7) is 1.10. The number of benzene rings is 1. The molecule has 1 atom stereocenters. The highest BCUT2D eigenvalue weighted by Crippen LogP contribution is 2.21. The predicted octanol–water partition coefficient (Wildman–Crippen LogP) is 0.0919. The molecule has 112 valence electrons. The first kappa shape index (κ1) is 14.9. The fourth-order valence-electron chi connectivity index (χ4n) is 1.58. The highest BCUT2D eigenvalue weighted by Gasteiger charge is 2.27. The summed E-state index contributed by atoms with van der Waals surface area (Å²) in [6, 6.07) is 6.37. The summed E-state index contributed by atoms with van der Waals surface area (Å²) in [7, 11) is -2.36.